The first-order valence-electron chi connectivity index (χ1n) is 8.39. The third-order valence-corrected chi connectivity index (χ3v) is 5.25. The van der Waals surface area contributed by atoms with Gasteiger partial charge in [-0.2, -0.15) is 0 Å². The van der Waals surface area contributed by atoms with E-state index in [1.54, 1.807) is 49.6 Å². The van der Waals surface area contributed by atoms with Crippen LogP contribution in [0.3, 0.4) is 0 Å². The number of aliphatic imine (C=N–C) groups is 1. The average molecular weight is 477 g/mol. The molecule has 0 radical (unpaired) electrons. The molecule has 2 aromatic rings. The van der Waals surface area contributed by atoms with Crippen LogP contribution in [0.5, 0.6) is 17.2 Å². The number of nitrogens with one attached hydrogen (secondary N) is 1. The molecule has 0 saturated carbocycles. The number of carbonyl (C=O) groups is 2. The summed E-state index contributed by atoms with van der Waals surface area (Å²) in [5.74, 6) is 0.681. The second kappa shape index (κ2) is 9.15. The molecule has 0 spiro atoms. The molecular weight excluding hydrogens is 460 g/mol. The summed E-state index contributed by atoms with van der Waals surface area (Å²) >= 11 is 4.60. The topological polar surface area (TPSA) is 86.2 Å². The van der Waals surface area contributed by atoms with Crippen LogP contribution < -0.4 is 19.5 Å². The van der Waals surface area contributed by atoms with Crippen LogP contribution in [0, 0.1) is 0 Å². The summed E-state index contributed by atoms with van der Waals surface area (Å²) in [6.07, 6.45) is 1.71. The number of amidine groups is 1. The molecular formula is C20H17BrN2O5S. The number of benzene rings is 2. The molecule has 1 amide bonds. The number of esters is 1. The number of halogens is 1. The summed E-state index contributed by atoms with van der Waals surface area (Å²) in [5, 5.41) is 3.22. The predicted molar refractivity (Wildman–Crippen MR) is 116 cm³/mol. The van der Waals surface area contributed by atoms with Crippen LogP contribution in [0.25, 0.3) is 6.08 Å². The average Bonchev–Trinajstić information content (AvgIpc) is 3.02. The van der Waals surface area contributed by atoms with Gasteiger partial charge in [-0.25, -0.2) is 4.99 Å². The van der Waals surface area contributed by atoms with Gasteiger partial charge in [0.15, 0.2) is 16.7 Å². The molecule has 2 aromatic carbocycles. The highest BCUT2D eigenvalue weighted by molar-refractivity contribution is 9.10. The lowest BCUT2D eigenvalue weighted by Gasteiger charge is -2.11. The molecule has 1 heterocycles. The fourth-order valence-corrected chi connectivity index (χ4v) is 3.85. The Kier molecular flexibility index (Phi) is 6.60. The van der Waals surface area contributed by atoms with E-state index in [9.17, 15) is 9.59 Å². The van der Waals surface area contributed by atoms with Gasteiger partial charge in [0.05, 0.1) is 29.3 Å². The molecule has 29 heavy (non-hydrogen) atoms. The van der Waals surface area contributed by atoms with E-state index < -0.39 is 5.97 Å². The minimum Gasteiger partial charge on any atom is -0.497 e. The van der Waals surface area contributed by atoms with Gasteiger partial charge >= 0.3 is 5.97 Å². The lowest BCUT2D eigenvalue weighted by atomic mass is 10.2. The van der Waals surface area contributed by atoms with Crippen molar-refractivity contribution in [2.45, 2.75) is 6.92 Å². The van der Waals surface area contributed by atoms with Crippen molar-refractivity contribution in [1.82, 2.24) is 5.32 Å². The third kappa shape index (κ3) is 5.18. The lowest BCUT2D eigenvalue weighted by Crippen LogP contribution is -2.19. The molecule has 1 fully saturated rings. The number of hydrogen-bond acceptors (Lipinski definition) is 7. The first-order chi connectivity index (χ1) is 13.9. The van der Waals surface area contributed by atoms with Crippen molar-refractivity contribution in [2.24, 2.45) is 4.99 Å². The number of ether oxygens (including phenoxy) is 3. The summed E-state index contributed by atoms with van der Waals surface area (Å²) in [6, 6.07) is 10.6. The van der Waals surface area contributed by atoms with E-state index in [4.69, 9.17) is 14.2 Å². The Balaban J connectivity index is 1.85. The maximum atomic E-state index is 12.3. The fraction of sp³-hybridized carbons (Fsp3) is 0.150. The zero-order chi connectivity index (χ0) is 21.0. The summed E-state index contributed by atoms with van der Waals surface area (Å²) in [4.78, 5) is 28.5. The molecule has 0 unspecified atom stereocenters. The van der Waals surface area contributed by atoms with Crippen LogP contribution in [-0.4, -0.2) is 31.3 Å². The second-order valence-corrected chi connectivity index (χ2v) is 7.69. The normalized spacial score (nSPS) is 16.1. The van der Waals surface area contributed by atoms with Crippen molar-refractivity contribution >= 4 is 56.5 Å². The molecule has 1 N–H and O–H groups in total. The van der Waals surface area contributed by atoms with E-state index in [0.717, 1.165) is 5.75 Å². The second-order valence-electron chi connectivity index (χ2n) is 5.81. The highest BCUT2D eigenvalue weighted by Gasteiger charge is 2.24. The quantitative estimate of drug-likeness (QED) is 0.393. The van der Waals surface area contributed by atoms with Crippen molar-refractivity contribution in [3.63, 3.8) is 0 Å². The van der Waals surface area contributed by atoms with E-state index in [2.05, 4.69) is 26.2 Å². The Morgan fingerprint density at radius 2 is 1.90 bits per heavy atom. The Labute approximate surface area is 180 Å². The highest BCUT2D eigenvalue weighted by Crippen LogP contribution is 2.38. The van der Waals surface area contributed by atoms with E-state index >= 15 is 0 Å². The summed E-state index contributed by atoms with van der Waals surface area (Å²) < 4.78 is 16.1. The molecule has 0 bridgehead atoms. The number of rotatable bonds is 5. The Hall–Kier alpha value is -2.78. The fourth-order valence-electron chi connectivity index (χ4n) is 2.47. The van der Waals surface area contributed by atoms with Gasteiger partial charge in [0, 0.05) is 6.92 Å². The van der Waals surface area contributed by atoms with Gasteiger partial charge in [-0.3, -0.25) is 9.59 Å². The van der Waals surface area contributed by atoms with Crippen LogP contribution in [0.2, 0.25) is 0 Å². The standard InChI is InChI=1S/C20H17BrN2O5S/c1-11(24)28-18-15(21)8-12(9-16(18)27-3)10-17-19(25)23-20(29-17)22-13-4-6-14(26-2)7-5-13/h4-10H,1-3H3,(H,22,23,25)/b17-10-. The highest BCUT2D eigenvalue weighted by atomic mass is 79.9. The lowest BCUT2D eigenvalue weighted by molar-refractivity contribution is -0.132. The van der Waals surface area contributed by atoms with Crippen LogP contribution in [0.1, 0.15) is 12.5 Å². The smallest absolute Gasteiger partial charge is 0.308 e. The van der Waals surface area contributed by atoms with Crippen LogP contribution >= 0.6 is 27.7 Å². The Bertz CT molecular complexity index is 1020. The van der Waals surface area contributed by atoms with Crippen molar-refractivity contribution < 1.29 is 23.8 Å². The predicted octanol–water partition coefficient (Wildman–Crippen LogP) is 4.28. The first kappa shape index (κ1) is 20.9. The first-order valence-corrected chi connectivity index (χ1v) is 10.00. The zero-order valence-corrected chi connectivity index (χ0v) is 18.2. The molecule has 1 saturated heterocycles. The summed E-state index contributed by atoms with van der Waals surface area (Å²) in [7, 11) is 3.07. The van der Waals surface area contributed by atoms with Gasteiger partial charge < -0.3 is 19.5 Å². The molecule has 7 nitrogen and oxygen atoms in total. The SMILES string of the molecule is COc1ccc(N=C2NC(=O)/C(=C/c3cc(Br)c(OC(C)=O)c(OC)c3)S2)cc1. The maximum Gasteiger partial charge on any atom is 0.308 e. The molecule has 150 valence electrons. The van der Waals surface area contributed by atoms with E-state index in [1.165, 1.54) is 25.8 Å². The molecule has 1 aliphatic heterocycles. The van der Waals surface area contributed by atoms with Gasteiger partial charge in [0.25, 0.3) is 5.91 Å². The largest absolute Gasteiger partial charge is 0.497 e. The van der Waals surface area contributed by atoms with Gasteiger partial charge in [-0.15, -0.1) is 0 Å². The number of thioether (sulfide) groups is 1. The number of methoxy groups -OCH3 is 2. The van der Waals surface area contributed by atoms with Crippen molar-refractivity contribution in [1.29, 1.82) is 0 Å². The Morgan fingerprint density at radius 1 is 1.17 bits per heavy atom. The van der Waals surface area contributed by atoms with Gasteiger partial charge in [0.1, 0.15) is 5.75 Å². The molecule has 9 heteroatoms. The maximum absolute atomic E-state index is 12.3. The molecule has 1 aliphatic rings. The van der Waals surface area contributed by atoms with Crippen LogP contribution in [0.4, 0.5) is 5.69 Å². The van der Waals surface area contributed by atoms with E-state index in [-0.39, 0.29) is 11.7 Å². The molecule has 0 atom stereocenters. The van der Waals surface area contributed by atoms with Crippen LogP contribution in [0.15, 0.2) is 50.8 Å². The summed E-state index contributed by atoms with van der Waals surface area (Å²) in [5.41, 5.74) is 1.40. The van der Waals surface area contributed by atoms with E-state index in [1.807, 2.05) is 0 Å². The van der Waals surface area contributed by atoms with E-state index in [0.29, 0.717) is 31.5 Å². The number of hydrogen-bond donors (Lipinski definition) is 1. The zero-order valence-electron chi connectivity index (χ0n) is 15.8. The monoisotopic (exact) mass is 476 g/mol. The van der Waals surface area contributed by atoms with Crippen LogP contribution in [-0.2, 0) is 9.59 Å². The van der Waals surface area contributed by atoms with Crippen molar-refractivity contribution in [3.8, 4) is 17.2 Å². The number of carbonyl (C=O) groups excluding carboxylic acids is 2. The molecule has 3 rings (SSSR count). The van der Waals surface area contributed by atoms with Gasteiger partial charge in [-0.05, 0) is 75.7 Å². The van der Waals surface area contributed by atoms with Gasteiger partial charge in [0.2, 0.25) is 0 Å². The number of amides is 1. The minimum atomic E-state index is -0.458. The summed E-state index contributed by atoms with van der Waals surface area (Å²) in [6.45, 7) is 1.31. The van der Waals surface area contributed by atoms with Crippen molar-refractivity contribution in [3.05, 3.63) is 51.3 Å². The van der Waals surface area contributed by atoms with Gasteiger partial charge in [-0.1, -0.05) is 0 Å². The third-order valence-electron chi connectivity index (χ3n) is 3.75. The minimum absolute atomic E-state index is 0.249. The number of nitrogens with zero attached hydrogens (tertiary/aromatic N) is 1. The molecule has 0 aliphatic carbocycles. The van der Waals surface area contributed by atoms with Crippen molar-refractivity contribution in [2.75, 3.05) is 14.2 Å². The molecule has 0 aromatic heterocycles. The Morgan fingerprint density at radius 3 is 2.52 bits per heavy atom.